The Morgan fingerprint density at radius 3 is 2.52 bits per heavy atom. The summed E-state index contributed by atoms with van der Waals surface area (Å²) in [5, 5.41) is 6.51. The number of amides is 2. The lowest BCUT2D eigenvalue weighted by atomic mass is 10.0. The van der Waals surface area contributed by atoms with Gasteiger partial charge < -0.3 is 14.7 Å². The van der Waals surface area contributed by atoms with E-state index in [1.165, 1.54) is 5.56 Å². The molecule has 1 saturated heterocycles. The molecule has 2 heterocycles. The van der Waals surface area contributed by atoms with Crippen LogP contribution in [0.15, 0.2) is 47.0 Å². The number of rotatable bonds is 6. The topological polar surface area (TPSA) is 78.7 Å². The van der Waals surface area contributed by atoms with Crippen LogP contribution < -0.4 is 5.32 Å². The smallest absolute Gasteiger partial charge is 0.241 e. The van der Waals surface area contributed by atoms with Gasteiger partial charge in [0.05, 0.1) is 0 Å². The summed E-state index contributed by atoms with van der Waals surface area (Å²) in [5.41, 5.74) is 0.257. The summed E-state index contributed by atoms with van der Waals surface area (Å²) in [7, 11) is 0. The molecule has 7 nitrogen and oxygen atoms in total. The Morgan fingerprint density at radius 1 is 1.17 bits per heavy atom. The van der Waals surface area contributed by atoms with Crippen molar-refractivity contribution in [2.24, 2.45) is 5.41 Å². The second-order valence-corrected chi connectivity index (χ2v) is 7.76. The zero-order chi connectivity index (χ0) is 20.3. The van der Waals surface area contributed by atoms with Gasteiger partial charge in [-0.25, -0.2) is 0 Å². The fourth-order valence-electron chi connectivity index (χ4n) is 3.66. The second kappa shape index (κ2) is 8.21. The molecule has 1 N–H and O–H groups in total. The lowest BCUT2D eigenvalue weighted by Gasteiger charge is -2.35. The minimum absolute atomic E-state index is 0.0605. The number of aromatic nitrogens is 1. The van der Waals surface area contributed by atoms with E-state index in [0.717, 1.165) is 19.6 Å². The molecular formula is C22H26N4O3. The van der Waals surface area contributed by atoms with Crippen molar-refractivity contribution in [3.8, 4) is 0 Å². The van der Waals surface area contributed by atoms with E-state index in [0.29, 0.717) is 37.5 Å². The average Bonchev–Trinajstić information content (AvgIpc) is 3.46. The Labute approximate surface area is 170 Å². The maximum atomic E-state index is 13.0. The molecule has 2 fully saturated rings. The first-order valence-corrected chi connectivity index (χ1v) is 10.0. The summed E-state index contributed by atoms with van der Waals surface area (Å²) in [4.78, 5) is 29.8. The summed E-state index contributed by atoms with van der Waals surface area (Å²) in [6.45, 7) is 5.53. The molecule has 1 aliphatic carbocycles. The van der Waals surface area contributed by atoms with Gasteiger partial charge in [-0.05, 0) is 25.3 Å². The zero-order valence-electron chi connectivity index (χ0n) is 16.6. The lowest BCUT2D eigenvalue weighted by molar-refractivity contribution is -0.143. The van der Waals surface area contributed by atoms with Crippen molar-refractivity contribution >= 4 is 23.7 Å². The number of piperazine rings is 1. The highest BCUT2D eigenvalue weighted by atomic mass is 16.5. The normalized spacial score (nSPS) is 18.7. The van der Waals surface area contributed by atoms with E-state index >= 15 is 0 Å². The minimum atomic E-state index is -0.928. The molecule has 7 heteroatoms. The second-order valence-electron chi connectivity index (χ2n) is 7.76. The predicted octanol–water partition coefficient (Wildman–Crippen LogP) is 2.56. The van der Waals surface area contributed by atoms with E-state index in [2.05, 4.69) is 39.7 Å². The molecule has 0 atom stereocenters. The van der Waals surface area contributed by atoms with Crippen LogP contribution in [0, 0.1) is 12.3 Å². The number of anilines is 1. The number of hydrogen-bond donors (Lipinski definition) is 1. The van der Waals surface area contributed by atoms with E-state index in [1.807, 2.05) is 23.1 Å². The van der Waals surface area contributed by atoms with Gasteiger partial charge in [0, 0.05) is 38.8 Å². The van der Waals surface area contributed by atoms with Gasteiger partial charge in [0.2, 0.25) is 11.8 Å². The van der Waals surface area contributed by atoms with Gasteiger partial charge in [0.25, 0.3) is 0 Å². The van der Waals surface area contributed by atoms with Crippen LogP contribution in [0.4, 0.5) is 5.82 Å². The molecule has 1 aromatic heterocycles. The third-order valence-electron chi connectivity index (χ3n) is 5.60. The van der Waals surface area contributed by atoms with Crippen molar-refractivity contribution in [2.45, 2.75) is 19.8 Å². The Hall–Kier alpha value is -2.93. The Morgan fingerprint density at radius 2 is 1.90 bits per heavy atom. The first-order chi connectivity index (χ1) is 14.1. The third kappa shape index (κ3) is 4.40. The summed E-state index contributed by atoms with van der Waals surface area (Å²) >= 11 is 0. The maximum absolute atomic E-state index is 13.0. The van der Waals surface area contributed by atoms with Crippen LogP contribution in [0.1, 0.15) is 24.2 Å². The van der Waals surface area contributed by atoms with Crippen molar-refractivity contribution in [3.63, 3.8) is 0 Å². The number of nitrogens with zero attached hydrogens (tertiary/aromatic N) is 3. The molecule has 2 aromatic rings. The summed E-state index contributed by atoms with van der Waals surface area (Å²) in [5.74, 6) is 0.647. The largest absolute Gasteiger partial charge is 0.360 e. The summed E-state index contributed by atoms with van der Waals surface area (Å²) in [6, 6.07) is 11.9. The molecule has 1 aliphatic heterocycles. The number of nitrogens with one attached hydrogen (secondary N) is 1. The van der Waals surface area contributed by atoms with E-state index in [1.54, 1.807) is 13.0 Å². The molecular weight excluding hydrogens is 368 g/mol. The molecule has 1 saturated carbocycles. The van der Waals surface area contributed by atoms with Crippen LogP contribution in [0.2, 0.25) is 0 Å². The number of hydrogen-bond acceptors (Lipinski definition) is 5. The number of carbonyl (C=O) groups excluding carboxylic acids is 2. The van der Waals surface area contributed by atoms with Crippen LogP contribution in [-0.4, -0.2) is 59.5 Å². The molecule has 0 spiro atoms. The molecule has 2 aliphatic rings. The summed E-state index contributed by atoms with van der Waals surface area (Å²) in [6.07, 6.45) is 5.46. The number of aryl methyl sites for hydroxylation is 1. The number of carbonyl (C=O) groups is 2. The highest BCUT2D eigenvalue weighted by molar-refractivity contribution is 6.12. The SMILES string of the molecule is Cc1cc(NC(=O)C2(C(=O)N3CCN(C/C=C/c4ccccc4)CC3)CC2)no1. The van der Waals surface area contributed by atoms with Crippen LogP contribution in [0.25, 0.3) is 6.08 Å². The van der Waals surface area contributed by atoms with E-state index in [4.69, 9.17) is 4.52 Å². The molecule has 0 radical (unpaired) electrons. The Bertz CT molecular complexity index is 894. The highest BCUT2D eigenvalue weighted by Gasteiger charge is 2.58. The van der Waals surface area contributed by atoms with Crippen molar-refractivity contribution in [1.82, 2.24) is 15.0 Å². The van der Waals surface area contributed by atoms with Gasteiger partial charge in [-0.3, -0.25) is 14.5 Å². The van der Waals surface area contributed by atoms with Crippen molar-refractivity contribution < 1.29 is 14.1 Å². The molecule has 2 amide bonds. The molecule has 1 aromatic carbocycles. The maximum Gasteiger partial charge on any atom is 0.241 e. The molecule has 29 heavy (non-hydrogen) atoms. The van der Waals surface area contributed by atoms with Gasteiger partial charge >= 0.3 is 0 Å². The van der Waals surface area contributed by atoms with E-state index in [-0.39, 0.29) is 11.8 Å². The quantitative estimate of drug-likeness (QED) is 0.762. The summed E-state index contributed by atoms with van der Waals surface area (Å²) < 4.78 is 4.98. The van der Waals surface area contributed by atoms with Crippen LogP contribution in [0.5, 0.6) is 0 Å². The van der Waals surface area contributed by atoms with E-state index < -0.39 is 5.41 Å². The zero-order valence-corrected chi connectivity index (χ0v) is 16.6. The molecule has 152 valence electrons. The van der Waals surface area contributed by atoms with Crippen molar-refractivity contribution in [3.05, 3.63) is 53.8 Å². The van der Waals surface area contributed by atoms with Gasteiger partial charge in [-0.15, -0.1) is 0 Å². The Kier molecular flexibility index (Phi) is 5.49. The average molecular weight is 394 g/mol. The van der Waals surface area contributed by atoms with E-state index in [9.17, 15) is 9.59 Å². The van der Waals surface area contributed by atoms with Crippen LogP contribution in [0.3, 0.4) is 0 Å². The van der Waals surface area contributed by atoms with Crippen LogP contribution >= 0.6 is 0 Å². The Balaban J connectivity index is 1.27. The van der Waals surface area contributed by atoms with Gasteiger partial charge in [-0.2, -0.15) is 0 Å². The van der Waals surface area contributed by atoms with Crippen molar-refractivity contribution in [1.29, 1.82) is 0 Å². The first kappa shape index (κ1) is 19.4. The number of benzene rings is 1. The third-order valence-corrected chi connectivity index (χ3v) is 5.60. The molecule has 0 unspecified atom stereocenters. The van der Waals surface area contributed by atoms with Crippen molar-refractivity contribution in [2.75, 3.05) is 38.0 Å². The van der Waals surface area contributed by atoms with Gasteiger partial charge in [0.1, 0.15) is 11.2 Å². The fourth-order valence-corrected chi connectivity index (χ4v) is 3.66. The monoisotopic (exact) mass is 394 g/mol. The molecule has 4 rings (SSSR count). The minimum Gasteiger partial charge on any atom is -0.360 e. The highest BCUT2D eigenvalue weighted by Crippen LogP contribution is 2.48. The van der Waals surface area contributed by atoms with Crippen LogP contribution in [-0.2, 0) is 9.59 Å². The van der Waals surface area contributed by atoms with Gasteiger partial charge in [-0.1, -0.05) is 47.6 Å². The standard InChI is InChI=1S/C22H26N4O3/c1-17-16-19(24-29-17)23-20(27)22(9-10-22)21(28)26-14-12-25(13-15-26)11-5-8-18-6-3-2-4-7-18/h2-8,16H,9-15H2,1H3,(H,23,24,27)/b8-5+. The first-order valence-electron chi connectivity index (χ1n) is 10.0. The molecule has 0 bridgehead atoms. The lowest BCUT2D eigenvalue weighted by Crippen LogP contribution is -2.52. The fraction of sp³-hybridized carbons (Fsp3) is 0.409. The van der Waals surface area contributed by atoms with Gasteiger partial charge in [0.15, 0.2) is 5.82 Å². The predicted molar refractivity (Wildman–Crippen MR) is 110 cm³/mol.